The predicted molar refractivity (Wildman–Crippen MR) is 82.8 cm³/mol. The van der Waals surface area contributed by atoms with Gasteiger partial charge in [-0.05, 0) is 32.1 Å². The quantitative estimate of drug-likeness (QED) is 0.261. The second kappa shape index (κ2) is 10.2. The molecule has 0 fully saturated rings. The number of carbonyl (C=O) groups is 2. The Balaban J connectivity index is 4.79. The normalized spacial score (nSPS) is 11.5. The summed E-state index contributed by atoms with van der Waals surface area (Å²) in [6.07, 6.45) is 3.95. The van der Waals surface area contributed by atoms with Gasteiger partial charge in [-0.3, -0.25) is 9.59 Å². The number of ether oxygens (including phenoxy) is 2. The van der Waals surface area contributed by atoms with E-state index in [-0.39, 0.29) is 13.2 Å². The average Bonchev–Trinajstić information content (AvgIpc) is 2.35. The van der Waals surface area contributed by atoms with Crippen molar-refractivity contribution in [3.63, 3.8) is 0 Å². The number of hydrogen-bond acceptors (Lipinski definition) is 4. The van der Waals surface area contributed by atoms with Crippen molar-refractivity contribution in [1.82, 2.24) is 0 Å². The minimum atomic E-state index is -0.841. The van der Waals surface area contributed by atoms with Crippen molar-refractivity contribution in [3.05, 3.63) is 0 Å². The van der Waals surface area contributed by atoms with Crippen LogP contribution in [-0.4, -0.2) is 30.5 Å². The lowest BCUT2D eigenvalue weighted by atomic mass is 9.75. The minimum absolute atomic E-state index is 0.272. The number of halogens is 1. The van der Waals surface area contributed by atoms with Crippen LogP contribution in [0, 0.1) is 11.3 Å². The lowest BCUT2D eigenvalue weighted by Crippen LogP contribution is -2.39. The van der Waals surface area contributed by atoms with E-state index in [1.54, 1.807) is 13.8 Å². The van der Waals surface area contributed by atoms with Crippen LogP contribution in [-0.2, 0) is 19.1 Å². The summed E-state index contributed by atoms with van der Waals surface area (Å²) in [6.45, 7) is 7.88. The SMILES string of the molecule is CCOC(=O)C(C(=O)OCC)C(C)(C)CCCCCBr. The van der Waals surface area contributed by atoms with E-state index < -0.39 is 23.3 Å². The molecular weight excluding hydrogens is 324 g/mol. The van der Waals surface area contributed by atoms with Crippen LogP contribution in [0.1, 0.15) is 53.4 Å². The van der Waals surface area contributed by atoms with E-state index in [1.165, 1.54) is 0 Å². The van der Waals surface area contributed by atoms with Crippen LogP contribution < -0.4 is 0 Å². The van der Waals surface area contributed by atoms with Crippen LogP contribution in [0.5, 0.6) is 0 Å². The van der Waals surface area contributed by atoms with Gasteiger partial charge in [-0.1, -0.05) is 42.6 Å². The van der Waals surface area contributed by atoms with Gasteiger partial charge in [-0.25, -0.2) is 0 Å². The van der Waals surface area contributed by atoms with Crippen molar-refractivity contribution in [2.24, 2.45) is 11.3 Å². The van der Waals surface area contributed by atoms with Crippen LogP contribution in [0.15, 0.2) is 0 Å². The molecule has 0 N–H and O–H groups in total. The summed E-state index contributed by atoms with van der Waals surface area (Å²) in [4.78, 5) is 24.1. The molecule has 0 aromatic carbocycles. The van der Waals surface area contributed by atoms with Crippen LogP contribution in [0.25, 0.3) is 0 Å². The third-order valence-electron chi connectivity index (χ3n) is 3.28. The molecule has 0 saturated heterocycles. The summed E-state index contributed by atoms with van der Waals surface area (Å²) in [5, 5.41) is 0.979. The highest BCUT2D eigenvalue weighted by atomic mass is 79.9. The van der Waals surface area contributed by atoms with E-state index in [4.69, 9.17) is 9.47 Å². The van der Waals surface area contributed by atoms with Gasteiger partial charge in [0.1, 0.15) is 0 Å². The van der Waals surface area contributed by atoms with Gasteiger partial charge < -0.3 is 9.47 Å². The van der Waals surface area contributed by atoms with Crippen molar-refractivity contribution >= 4 is 27.9 Å². The first-order chi connectivity index (χ1) is 9.40. The number of esters is 2. The molecule has 0 aliphatic carbocycles. The number of rotatable bonds is 10. The molecule has 20 heavy (non-hydrogen) atoms. The minimum Gasteiger partial charge on any atom is -0.465 e. The van der Waals surface area contributed by atoms with Gasteiger partial charge in [0.2, 0.25) is 0 Å². The summed E-state index contributed by atoms with van der Waals surface area (Å²) >= 11 is 3.40. The van der Waals surface area contributed by atoms with Crippen LogP contribution in [0.3, 0.4) is 0 Å². The molecule has 0 aliphatic rings. The molecule has 0 spiro atoms. The van der Waals surface area contributed by atoms with E-state index in [0.29, 0.717) is 0 Å². The van der Waals surface area contributed by atoms with E-state index in [1.807, 2.05) is 13.8 Å². The van der Waals surface area contributed by atoms with Gasteiger partial charge in [0.25, 0.3) is 0 Å². The highest BCUT2D eigenvalue weighted by Gasteiger charge is 2.42. The zero-order valence-corrected chi connectivity index (χ0v) is 14.6. The Hall–Kier alpha value is -0.580. The van der Waals surface area contributed by atoms with Crippen LogP contribution in [0.2, 0.25) is 0 Å². The summed E-state index contributed by atoms with van der Waals surface area (Å²) in [6, 6.07) is 0. The second-order valence-electron chi connectivity index (χ2n) is 5.43. The number of alkyl halides is 1. The zero-order valence-electron chi connectivity index (χ0n) is 13.0. The summed E-state index contributed by atoms with van der Waals surface area (Å²) in [7, 11) is 0. The Kier molecular flexibility index (Phi) is 9.90. The third-order valence-corrected chi connectivity index (χ3v) is 3.84. The van der Waals surface area contributed by atoms with Gasteiger partial charge in [-0.2, -0.15) is 0 Å². The molecular formula is C15H27BrO4. The summed E-state index contributed by atoms with van der Waals surface area (Å²) < 4.78 is 10.1. The maximum atomic E-state index is 12.1. The average molecular weight is 351 g/mol. The molecule has 0 unspecified atom stereocenters. The Labute approximate surface area is 130 Å². The van der Waals surface area contributed by atoms with Crippen molar-refractivity contribution in [2.75, 3.05) is 18.5 Å². The van der Waals surface area contributed by atoms with Crippen molar-refractivity contribution in [3.8, 4) is 0 Å². The van der Waals surface area contributed by atoms with Crippen LogP contribution >= 0.6 is 15.9 Å². The summed E-state index contributed by atoms with van der Waals surface area (Å²) in [5.74, 6) is -1.79. The molecule has 0 aromatic rings. The monoisotopic (exact) mass is 350 g/mol. The van der Waals surface area contributed by atoms with Gasteiger partial charge in [0, 0.05) is 5.33 Å². The first kappa shape index (κ1) is 19.4. The summed E-state index contributed by atoms with van der Waals surface area (Å²) in [5.41, 5.74) is -0.454. The first-order valence-corrected chi connectivity index (χ1v) is 8.42. The molecule has 0 aliphatic heterocycles. The Morgan fingerprint density at radius 1 is 1.00 bits per heavy atom. The fourth-order valence-electron chi connectivity index (χ4n) is 2.18. The fourth-order valence-corrected chi connectivity index (χ4v) is 2.58. The number of unbranched alkanes of at least 4 members (excludes halogenated alkanes) is 2. The topological polar surface area (TPSA) is 52.6 Å². The molecule has 0 bridgehead atoms. The van der Waals surface area contributed by atoms with Gasteiger partial charge >= 0.3 is 11.9 Å². The van der Waals surface area contributed by atoms with Crippen molar-refractivity contribution < 1.29 is 19.1 Å². The van der Waals surface area contributed by atoms with Crippen LogP contribution in [0.4, 0.5) is 0 Å². The zero-order chi connectivity index (χ0) is 15.6. The molecule has 0 rings (SSSR count). The number of carbonyl (C=O) groups excluding carboxylic acids is 2. The molecule has 0 radical (unpaired) electrons. The number of hydrogen-bond donors (Lipinski definition) is 0. The van der Waals surface area contributed by atoms with Gasteiger partial charge in [0.15, 0.2) is 5.92 Å². The molecule has 0 saturated carbocycles. The Morgan fingerprint density at radius 2 is 1.50 bits per heavy atom. The standard InChI is InChI=1S/C15H27BrO4/c1-5-19-13(17)12(14(18)20-6-2)15(3,4)10-8-7-9-11-16/h12H,5-11H2,1-4H3. The Morgan fingerprint density at radius 3 is 1.90 bits per heavy atom. The molecule has 4 nitrogen and oxygen atoms in total. The molecule has 0 heterocycles. The smallest absolute Gasteiger partial charge is 0.320 e. The molecule has 0 aromatic heterocycles. The van der Waals surface area contributed by atoms with E-state index in [2.05, 4.69) is 15.9 Å². The van der Waals surface area contributed by atoms with E-state index >= 15 is 0 Å². The second-order valence-corrected chi connectivity index (χ2v) is 6.22. The largest absolute Gasteiger partial charge is 0.465 e. The molecule has 0 atom stereocenters. The van der Waals surface area contributed by atoms with Crippen molar-refractivity contribution in [1.29, 1.82) is 0 Å². The first-order valence-electron chi connectivity index (χ1n) is 7.29. The lowest BCUT2D eigenvalue weighted by Gasteiger charge is -2.31. The van der Waals surface area contributed by atoms with Gasteiger partial charge in [-0.15, -0.1) is 0 Å². The lowest BCUT2D eigenvalue weighted by molar-refractivity contribution is -0.167. The predicted octanol–water partition coefficient (Wildman–Crippen LogP) is 3.71. The van der Waals surface area contributed by atoms with Crippen molar-refractivity contribution in [2.45, 2.75) is 53.4 Å². The highest BCUT2D eigenvalue weighted by Crippen LogP contribution is 2.35. The molecule has 5 heteroatoms. The fraction of sp³-hybridized carbons (Fsp3) is 0.867. The van der Waals surface area contributed by atoms with E-state index in [0.717, 1.165) is 31.0 Å². The van der Waals surface area contributed by atoms with Gasteiger partial charge in [0.05, 0.1) is 13.2 Å². The highest BCUT2D eigenvalue weighted by molar-refractivity contribution is 9.09. The molecule has 118 valence electrons. The maximum Gasteiger partial charge on any atom is 0.320 e. The van der Waals surface area contributed by atoms with E-state index in [9.17, 15) is 9.59 Å². The molecule has 0 amide bonds. The Bertz CT molecular complexity index is 284. The third kappa shape index (κ3) is 6.73. The maximum absolute atomic E-state index is 12.1.